The number of carbonyl (C=O) groups is 1. The van der Waals surface area contributed by atoms with Crippen LogP contribution in [0.4, 0.5) is 11.4 Å². The first-order valence-electron chi connectivity index (χ1n) is 8.57. The van der Waals surface area contributed by atoms with Crippen molar-refractivity contribution in [2.24, 2.45) is 0 Å². The lowest BCUT2D eigenvalue weighted by molar-refractivity contribution is -0.464. The van der Waals surface area contributed by atoms with Crippen molar-refractivity contribution in [2.45, 2.75) is 0 Å². The number of aromatic nitrogens is 2. The van der Waals surface area contributed by atoms with Gasteiger partial charge in [0.15, 0.2) is 0 Å². The number of primary amides is 1. The Bertz CT molecular complexity index is 1090. The smallest absolute Gasteiger partial charge is 0.347 e. The molecular weight excluding hydrogens is 356 g/mol. The monoisotopic (exact) mass is 375 g/mol. The predicted molar refractivity (Wildman–Crippen MR) is 110 cm³/mol. The van der Waals surface area contributed by atoms with Crippen LogP contribution in [0.3, 0.4) is 0 Å². The Labute approximate surface area is 161 Å². The van der Waals surface area contributed by atoms with Crippen LogP contribution in [0.15, 0.2) is 67.0 Å². The van der Waals surface area contributed by atoms with E-state index in [4.69, 9.17) is 0 Å². The van der Waals surface area contributed by atoms with Crippen molar-refractivity contribution in [2.75, 3.05) is 19.0 Å². The van der Waals surface area contributed by atoms with E-state index in [9.17, 15) is 4.79 Å². The molecule has 0 saturated carbocycles. The van der Waals surface area contributed by atoms with Gasteiger partial charge in [0.25, 0.3) is 0 Å². The van der Waals surface area contributed by atoms with E-state index in [0.717, 1.165) is 32.2 Å². The van der Waals surface area contributed by atoms with Crippen molar-refractivity contribution >= 4 is 38.8 Å². The highest BCUT2D eigenvalue weighted by atomic mass is 32.1. The fraction of sp³-hybridized carbons (Fsp3) is 0.0952. The topological polar surface area (TPSA) is 62.7 Å². The molecule has 134 valence electrons. The lowest BCUT2D eigenvalue weighted by Gasteiger charge is -2.12. The molecule has 0 aliphatic rings. The molecule has 4 rings (SSSR count). The van der Waals surface area contributed by atoms with E-state index in [1.54, 1.807) is 22.9 Å². The van der Waals surface area contributed by atoms with Gasteiger partial charge in [-0.3, -0.25) is 4.98 Å². The number of hydrogen-bond donors (Lipinski definition) is 1. The van der Waals surface area contributed by atoms with Crippen molar-refractivity contribution in [3.8, 4) is 10.6 Å². The first kappa shape index (κ1) is 17.3. The van der Waals surface area contributed by atoms with Crippen LogP contribution < -0.4 is 10.2 Å². The molecular formula is C21H19N4OS+. The minimum atomic E-state index is -0.00986. The van der Waals surface area contributed by atoms with Crippen LogP contribution in [0.1, 0.15) is 10.4 Å². The maximum absolute atomic E-state index is 12.7. The highest BCUT2D eigenvalue weighted by molar-refractivity contribution is 7.21. The first-order valence-corrected chi connectivity index (χ1v) is 9.39. The van der Waals surface area contributed by atoms with Gasteiger partial charge < -0.3 is 4.90 Å². The molecule has 0 atom stereocenters. The van der Waals surface area contributed by atoms with Crippen LogP contribution in [0.2, 0.25) is 0 Å². The number of amides is 1. The molecule has 0 bridgehead atoms. The average Bonchev–Trinajstić information content (AvgIpc) is 3.12. The van der Waals surface area contributed by atoms with Gasteiger partial charge in [-0.05, 0) is 30.3 Å². The van der Waals surface area contributed by atoms with Gasteiger partial charge in [0.05, 0.1) is 15.8 Å². The molecule has 4 aromatic rings. The maximum atomic E-state index is 12.7. The number of carbonyl (C=O) groups excluding carboxylic acids is 1. The zero-order valence-electron chi connectivity index (χ0n) is 15.1. The van der Waals surface area contributed by atoms with Gasteiger partial charge in [0.1, 0.15) is 10.7 Å². The Kier molecular flexibility index (Phi) is 4.66. The molecule has 0 aliphatic heterocycles. The summed E-state index contributed by atoms with van der Waals surface area (Å²) >= 11 is 1.60. The Morgan fingerprint density at radius 1 is 1.07 bits per heavy atom. The summed E-state index contributed by atoms with van der Waals surface area (Å²) in [5, 5.41) is 2.60. The van der Waals surface area contributed by atoms with Gasteiger partial charge in [0.2, 0.25) is 0 Å². The summed E-state index contributed by atoms with van der Waals surface area (Å²) in [5.74, 6) is -0.00986. The van der Waals surface area contributed by atoms with Gasteiger partial charge in [-0.25, -0.2) is 15.1 Å². The van der Waals surface area contributed by atoms with Gasteiger partial charge in [-0.1, -0.05) is 18.2 Å². The lowest BCUT2D eigenvalue weighted by atomic mass is 10.1. The fourth-order valence-electron chi connectivity index (χ4n) is 2.84. The number of pyridine rings is 1. The van der Waals surface area contributed by atoms with Crippen LogP contribution in [0, 0.1) is 0 Å². The number of anilines is 1. The molecule has 0 saturated heterocycles. The molecule has 0 radical (unpaired) electrons. The number of nitrogens with zero attached hydrogens (tertiary/aromatic N) is 3. The van der Waals surface area contributed by atoms with Crippen molar-refractivity contribution in [1.29, 1.82) is 0 Å². The highest BCUT2D eigenvalue weighted by Crippen LogP contribution is 2.30. The third kappa shape index (κ3) is 3.72. The number of quaternary nitrogens is 1. The maximum Gasteiger partial charge on any atom is 0.347 e. The summed E-state index contributed by atoms with van der Waals surface area (Å²) in [6.07, 6.45) is 3.57. The summed E-state index contributed by atoms with van der Waals surface area (Å²) in [4.78, 5) is 23.5. The minimum absolute atomic E-state index is 0.00986. The molecule has 2 aromatic carbocycles. The lowest BCUT2D eigenvalue weighted by Crippen LogP contribution is -2.82. The number of nitrogens with two attached hydrogens (primary N) is 1. The molecule has 5 nitrogen and oxygen atoms in total. The van der Waals surface area contributed by atoms with Crippen molar-refractivity contribution in [1.82, 2.24) is 9.97 Å². The molecule has 2 aromatic heterocycles. The quantitative estimate of drug-likeness (QED) is 0.555. The van der Waals surface area contributed by atoms with E-state index >= 15 is 0 Å². The van der Waals surface area contributed by atoms with Crippen molar-refractivity contribution < 1.29 is 10.1 Å². The molecule has 6 heteroatoms. The second-order valence-electron chi connectivity index (χ2n) is 6.44. The molecule has 2 heterocycles. The normalized spacial score (nSPS) is 10.9. The van der Waals surface area contributed by atoms with E-state index in [0.29, 0.717) is 5.56 Å². The minimum Gasteiger partial charge on any atom is -0.378 e. The third-order valence-electron chi connectivity index (χ3n) is 4.27. The van der Waals surface area contributed by atoms with E-state index in [1.807, 2.05) is 79.8 Å². The van der Waals surface area contributed by atoms with Crippen LogP contribution in [0.25, 0.3) is 20.8 Å². The van der Waals surface area contributed by atoms with Gasteiger partial charge in [-0.15, -0.1) is 11.3 Å². The molecule has 1 amide bonds. The zero-order valence-corrected chi connectivity index (χ0v) is 15.9. The summed E-state index contributed by atoms with van der Waals surface area (Å²) in [6, 6.07) is 17.5. The number of thiazole rings is 1. The molecule has 0 aliphatic carbocycles. The van der Waals surface area contributed by atoms with Crippen molar-refractivity contribution in [3.05, 3.63) is 72.6 Å². The van der Waals surface area contributed by atoms with E-state index in [-0.39, 0.29) is 5.91 Å². The summed E-state index contributed by atoms with van der Waals surface area (Å²) in [7, 11) is 3.93. The number of rotatable bonds is 4. The Morgan fingerprint density at radius 3 is 2.74 bits per heavy atom. The predicted octanol–water partition coefficient (Wildman–Crippen LogP) is 3.46. The standard InChI is InChI=1S/C21H18N4OS/c1-25(2)17-8-4-5-14(12-17)20(26)23-16-7-3-6-15(11-16)21-24-18-9-10-22-13-19(18)27-21/h3-13H,1-2H3,(H,23,26)/p+1. The molecule has 0 fully saturated rings. The number of benzene rings is 2. The van der Waals surface area contributed by atoms with Crippen molar-refractivity contribution in [3.63, 3.8) is 0 Å². The van der Waals surface area contributed by atoms with E-state index in [2.05, 4.69) is 9.97 Å². The SMILES string of the molecule is CN(C)c1cccc(C(=O)[NH2+]c2cccc(-c3nc4ccncc4s3)c2)c1. The van der Waals surface area contributed by atoms with Gasteiger partial charge >= 0.3 is 5.91 Å². The fourth-order valence-corrected chi connectivity index (χ4v) is 3.77. The zero-order chi connectivity index (χ0) is 18.8. The molecule has 2 N–H and O–H groups in total. The summed E-state index contributed by atoms with van der Waals surface area (Å²) < 4.78 is 1.05. The highest BCUT2D eigenvalue weighted by Gasteiger charge is 2.14. The van der Waals surface area contributed by atoms with Crippen LogP contribution in [0.5, 0.6) is 0 Å². The largest absolute Gasteiger partial charge is 0.378 e. The second kappa shape index (κ2) is 7.26. The first-order chi connectivity index (χ1) is 13.1. The van der Waals surface area contributed by atoms with Crippen LogP contribution in [-0.2, 0) is 0 Å². The molecule has 0 unspecified atom stereocenters. The van der Waals surface area contributed by atoms with E-state index < -0.39 is 0 Å². The number of fused-ring (bicyclic) bond motifs is 1. The molecule has 27 heavy (non-hydrogen) atoms. The Hall–Kier alpha value is -3.09. The van der Waals surface area contributed by atoms with Gasteiger partial charge in [0, 0.05) is 43.8 Å². The number of hydrogen-bond acceptors (Lipinski definition) is 5. The Balaban J connectivity index is 1.59. The summed E-state index contributed by atoms with van der Waals surface area (Å²) in [6.45, 7) is 0. The average molecular weight is 375 g/mol. The summed E-state index contributed by atoms with van der Waals surface area (Å²) in [5.41, 5.74) is 4.49. The second-order valence-corrected chi connectivity index (χ2v) is 7.47. The Morgan fingerprint density at radius 2 is 1.93 bits per heavy atom. The van der Waals surface area contributed by atoms with Gasteiger partial charge in [-0.2, -0.15) is 0 Å². The third-order valence-corrected chi connectivity index (χ3v) is 5.32. The van der Waals surface area contributed by atoms with Crippen LogP contribution >= 0.6 is 11.3 Å². The van der Waals surface area contributed by atoms with E-state index in [1.165, 1.54) is 0 Å². The van der Waals surface area contributed by atoms with Crippen LogP contribution in [-0.4, -0.2) is 30.0 Å². The molecule has 0 spiro atoms.